The number of hydrogen-bond donors (Lipinski definition) is 2. The Labute approximate surface area is 140 Å². The van der Waals surface area contributed by atoms with Crippen molar-refractivity contribution in [2.75, 3.05) is 13.1 Å². The van der Waals surface area contributed by atoms with Gasteiger partial charge in [-0.15, -0.1) is 0 Å². The van der Waals surface area contributed by atoms with E-state index < -0.39 is 5.60 Å². The maximum Gasteiger partial charge on any atom is 0.407 e. The number of alkyl carbamates (subject to hydrolysis) is 1. The molecule has 0 aromatic carbocycles. The van der Waals surface area contributed by atoms with Gasteiger partial charge in [0.05, 0.1) is 0 Å². The van der Waals surface area contributed by atoms with Gasteiger partial charge in [-0.3, -0.25) is 4.98 Å². The first-order valence-electron chi connectivity index (χ1n) is 8.29. The molecule has 1 unspecified atom stereocenters. The zero-order valence-electron chi connectivity index (χ0n) is 15.2. The summed E-state index contributed by atoms with van der Waals surface area (Å²) in [5.41, 5.74) is 0.694. The lowest BCUT2D eigenvalue weighted by molar-refractivity contribution is 0.0514. The molecular formula is C18H31N3O2. The van der Waals surface area contributed by atoms with Gasteiger partial charge in [0.2, 0.25) is 0 Å². The van der Waals surface area contributed by atoms with Crippen molar-refractivity contribution in [3.63, 3.8) is 0 Å². The van der Waals surface area contributed by atoms with Crippen LogP contribution in [0, 0.1) is 11.8 Å². The molecule has 2 atom stereocenters. The molecule has 2 N–H and O–H groups in total. The number of rotatable bonds is 7. The zero-order valence-corrected chi connectivity index (χ0v) is 15.2. The molecule has 1 aromatic rings. The molecule has 1 rings (SSSR count). The molecule has 1 aromatic heterocycles. The molecule has 0 radical (unpaired) electrons. The zero-order chi connectivity index (χ0) is 17.5. The second-order valence-corrected chi connectivity index (χ2v) is 7.30. The highest BCUT2D eigenvalue weighted by molar-refractivity contribution is 5.67. The quantitative estimate of drug-likeness (QED) is 0.806. The van der Waals surface area contributed by atoms with Crippen LogP contribution in [0.2, 0.25) is 0 Å². The minimum Gasteiger partial charge on any atom is -0.444 e. The molecule has 0 fully saturated rings. The smallest absolute Gasteiger partial charge is 0.407 e. The standard InChI is InChI=1S/C18H31N3O2/c1-13(2)16(12-21-17(22)23-18(4,5)6)11-20-14(3)15-8-7-9-19-10-15/h7-10,13-14,16,20H,11-12H2,1-6H3,(H,21,22)/t14-,16?/m1/s1. The Bertz CT molecular complexity index is 469. The van der Waals surface area contributed by atoms with E-state index in [1.807, 2.05) is 33.0 Å². The third-order valence-corrected chi connectivity index (χ3v) is 3.72. The largest absolute Gasteiger partial charge is 0.444 e. The van der Waals surface area contributed by atoms with Gasteiger partial charge >= 0.3 is 6.09 Å². The minimum atomic E-state index is -0.468. The molecule has 0 saturated heterocycles. The third kappa shape index (κ3) is 7.98. The second kappa shape index (κ2) is 8.87. The number of carbonyl (C=O) groups is 1. The maximum absolute atomic E-state index is 11.8. The van der Waals surface area contributed by atoms with Crippen molar-refractivity contribution in [1.29, 1.82) is 0 Å². The van der Waals surface area contributed by atoms with E-state index in [1.165, 1.54) is 0 Å². The highest BCUT2D eigenvalue weighted by Crippen LogP contribution is 2.14. The molecule has 0 bridgehead atoms. The van der Waals surface area contributed by atoms with Gasteiger partial charge in [-0.1, -0.05) is 19.9 Å². The number of carbonyl (C=O) groups excluding carboxylic acids is 1. The molecule has 0 saturated carbocycles. The predicted octanol–water partition coefficient (Wildman–Crippen LogP) is 3.53. The average molecular weight is 321 g/mol. The lowest BCUT2D eigenvalue weighted by Gasteiger charge is -2.25. The SMILES string of the molecule is CC(C)C(CNC(=O)OC(C)(C)C)CN[C@H](C)c1cccnc1. The van der Waals surface area contributed by atoms with E-state index in [0.29, 0.717) is 18.4 Å². The Morgan fingerprint density at radius 2 is 1.96 bits per heavy atom. The van der Waals surface area contributed by atoms with Crippen LogP contribution in [0.15, 0.2) is 24.5 Å². The number of aromatic nitrogens is 1. The van der Waals surface area contributed by atoms with Crippen molar-refractivity contribution in [2.45, 2.75) is 53.2 Å². The van der Waals surface area contributed by atoms with E-state index in [2.05, 4.69) is 42.5 Å². The highest BCUT2D eigenvalue weighted by atomic mass is 16.6. The number of nitrogens with one attached hydrogen (secondary N) is 2. The van der Waals surface area contributed by atoms with Gasteiger partial charge in [-0.05, 0) is 51.2 Å². The van der Waals surface area contributed by atoms with E-state index in [9.17, 15) is 4.79 Å². The summed E-state index contributed by atoms with van der Waals surface area (Å²) in [6, 6.07) is 4.23. The molecule has 0 aliphatic rings. The van der Waals surface area contributed by atoms with Crippen molar-refractivity contribution >= 4 is 6.09 Å². The number of hydrogen-bond acceptors (Lipinski definition) is 4. The van der Waals surface area contributed by atoms with Crippen LogP contribution in [0.4, 0.5) is 4.79 Å². The Balaban J connectivity index is 2.45. The molecule has 0 spiro atoms. The van der Waals surface area contributed by atoms with E-state index in [4.69, 9.17) is 4.74 Å². The van der Waals surface area contributed by atoms with Crippen molar-refractivity contribution in [3.05, 3.63) is 30.1 Å². The Morgan fingerprint density at radius 3 is 2.48 bits per heavy atom. The molecule has 130 valence electrons. The molecule has 1 heterocycles. The van der Waals surface area contributed by atoms with Gasteiger partial charge in [0.1, 0.15) is 5.60 Å². The fourth-order valence-electron chi connectivity index (χ4n) is 2.15. The minimum absolute atomic E-state index is 0.228. The predicted molar refractivity (Wildman–Crippen MR) is 93.2 cm³/mol. The van der Waals surface area contributed by atoms with Crippen LogP contribution in [-0.4, -0.2) is 29.8 Å². The molecule has 0 aliphatic heterocycles. The van der Waals surface area contributed by atoms with Gasteiger partial charge in [-0.25, -0.2) is 4.79 Å². The number of nitrogens with zero attached hydrogens (tertiary/aromatic N) is 1. The fourth-order valence-corrected chi connectivity index (χ4v) is 2.15. The number of pyridine rings is 1. The monoisotopic (exact) mass is 321 g/mol. The molecule has 1 amide bonds. The fraction of sp³-hybridized carbons (Fsp3) is 0.667. The van der Waals surface area contributed by atoms with Gasteiger partial charge in [0.15, 0.2) is 0 Å². The summed E-state index contributed by atoms with van der Waals surface area (Å²) >= 11 is 0. The van der Waals surface area contributed by atoms with Gasteiger partial charge in [0, 0.05) is 31.5 Å². The summed E-state index contributed by atoms with van der Waals surface area (Å²) in [6.07, 6.45) is 3.29. The molecule has 23 heavy (non-hydrogen) atoms. The molecule has 0 aliphatic carbocycles. The number of ether oxygens (including phenoxy) is 1. The Kier molecular flexibility index (Phi) is 7.49. The van der Waals surface area contributed by atoms with Crippen LogP contribution in [0.5, 0.6) is 0 Å². The normalized spacial score (nSPS) is 14.4. The van der Waals surface area contributed by atoms with Crippen molar-refractivity contribution < 1.29 is 9.53 Å². The van der Waals surface area contributed by atoms with Crippen molar-refractivity contribution in [2.24, 2.45) is 11.8 Å². The lowest BCUT2D eigenvalue weighted by atomic mass is 9.95. The van der Waals surface area contributed by atoms with Crippen LogP contribution < -0.4 is 10.6 Å². The Morgan fingerprint density at radius 1 is 1.26 bits per heavy atom. The van der Waals surface area contributed by atoms with Gasteiger partial charge in [-0.2, -0.15) is 0 Å². The third-order valence-electron chi connectivity index (χ3n) is 3.72. The molecular weight excluding hydrogens is 290 g/mol. The summed E-state index contributed by atoms with van der Waals surface area (Å²) in [5.74, 6) is 0.792. The second-order valence-electron chi connectivity index (χ2n) is 7.30. The first kappa shape index (κ1) is 19.4. The molecule has 5 nitrogen and oxygen atoms in total. The Hall–Kier alpha value is -1.62. The van der Waals surface area contributed by atoms with E-state index in [1.54, 1.807) is 6.20 Å². The maximum atomic E-state index is 11.8. The topological polar surface area (TPSA) is 63.2 Å². The van der Waals surface area contributed by atoms with Crippen LogP contribution in [0.25, 0.3) is 0 Å². The first-order valence-corrected chi connectivity index (χ1v) is 8.29. The summed E-state index contributed by atoms with van der Waals surface area (Å²) in [4.78, 5) is 15.9. The van der Waals surface area contributed by atoms with Crippen LogP contribution in [-0.2, 0) is 4.74 Å². The molecule has 5 heteroatoms. The van der Waals surface area contributed by atoms with E-state index >= 15 is 0 Å². The highest BCUT2D eigenvalue weighted by Gasteiger charge is 2.19. The average Bonchev–Trinajstić information content (AvgIpc) is 2.45. The lowest BCUT2D eigenvalue weighted by Crippen LogP contribution is -2.40. The first-order chi connectivity index (χ1) is 10.7. The van der Waals surface area contributed by atoms with Gasteiger partial charge in [0.25, 0.3) is 0 Å². The summed E-state index contributed by atoms with van der Waals surface area (Å²) < 4.78 is 5.28. The van der Waals surface area contributed by atoms with E-state index in [-0.39, 0.29) is 12.1 Å². The van der Waals surface area contributed by atoms with Crippen molar-refractivity contribution in [1.82, 2.24) is 15.6 Å². The summed E-state index contributed by atoms with van der Waals surface area (Å²) in [7, 11) is 0. The van der Waals surface area contributed by atoms with E-state index in [0.717, 1.165) is 12.1 Å². The summed E-state index contributed by atoms with van der Waals surface area (Å²) in [6.45, 7) is 13.5. The summed E-state index contributed by atoms with van der Waals surface area (Å²) in [5, 5.41) is 6.39. The van der Waals surface area contributed by atoms with Gasteiger partial charge < -0.3 is 15.4 Å². The number of amides is 1. The van der Waals surface area contributed by atoms with Crippen LogP contribution in [0.3, 0.4) is 0 Å². The van der Waals surface area contributed by atoms with Crippen LogP contribution >= 0.6 is 0 Å². The van der Waals surface area contributed by atoms with Crippen molar-refractivity contribution in [3.8, 4) is 0 Å². The van der Waals surface area contributed by atoms with Crippen LogP contribution in [0.1, 0.15) is 53.1 Å².